The number of nitrogens with one attached hydrogen (secondary N) is 1. The van der Waals surface area contributed by atoms with Crippen LogP contribution in [-0.2, 0) is 13.1 Å². The fourth-order valence-corrected chi connectivity index (χ4v) is 1.38. The minimum absolute atomic E-state index is 0.328. The van der Waals surface area contributed by atoms with Crippen LogP contribution >= 0.6 is 0 Å². The predicted molar refractivity (Wildman–Crippen MR) is 56.7 cm³/mol. The molecule has 0 aliphatic heterocycles. The van der Waals surface area contributed by atoms with E-state index in [1.165, 1.54) is 6.33 Å². The lowest BCUT2D eigenvalue weighted by molar-refractivity contribution is 0.364. The standard InChI is InChI=1S/C8H9N9O/c9-1-5-2-17(16-13-5)3-6-12-8(15-18-6)7-10-4-11-14-7/h2,4H,1,3,9H2,(H,10,11,14). The zero-order valence-corrected chi connectivity index (χ0v) is 9.19. The van der Waals surface area contributed by atoms with Crippen LogP contribution in [-0.4, -0.2) is 40.3 Å². The van der Waals surface area contributed by atoms with Crippen molar-refractivity contribution in [1.82, 2.24) is 40.3 Å². The predicted octanol–water partition coefficient (Wildman–Crippen LogP) is -1.05. The van der Waals surface area contributed by atoms with E-state index in [1.54, 1.807) is 10.9 Å². The quantitative estimate of drug-likeness (QED) is 0.595. The zero-order chi connectivity index (χ0) is 12.4. The van der Waals surface area contributed by atoms with Gasteiger partial charge in [-0.1, -0.05) is 10.4 Å². The lowest BCUT2D eigenvalue weighted by atomic mass is 10.5. The molecule has 0 aliphatic rings. The molecule has 3 N–H and O–H groups in total. The Morgan fingerprint density at radius 3 is 3.11 bits per heavy atom. The molecular weight excluding hydrogens is 238 g/mol. The summed E-state index contributed by atoms with van der Waals surface area (Å²) < 4.78 is 6.64. The van der Waals surface area contributed by atoms with Crippen LogP contribution in [0.2, 0.25) is 0 Å². The molecule has 0 aliphatic carbocycles. The molecule has 0 atom stereocenters. The van der Waals surface area contributed by atoms with Crippen LogP contribution in [0.1, 0.15) is 11.6 Å². The molecule has 3 heterocycles. The van der Waals surface area contributed by atoms with Gasteiger partial charge in [-0.05, 0) is 0 Å². The Morgan fingerprint density at radius 2 is 2.39 bits per heavy atom. The lowest BCUT2D eigenvalue weighted by Gasteiger charge is -1.91. The number of aromatic nitrogens is 8. The zero-order valence-electron chi connectivity index (χ0n) is 9.19. The number of H-pyrrole nitrogens is 1. The molecule has 0 unspecified atom stereocenters. The van der Waals surface area contributed by atoms with Gasteiger partial charge in [-0.25, -0.2) is 9.67 Å². The van der Waals surface area contributed by atoms with Crippen LogP contribution in [0, 0.1) is 0 Å². The first-order chi connectivity index (χ1) is 8.85. The van der Waals surface area contributed by atoms with Gasteiger partial charge in [0.15, 0.2) is 5.82 Å². The van der Waals surface area contributed by atoms with Gasteiger partial charge in [-0.2, -0.15) is 10.1 Å². The summed E-state index contributed by atoms with van der Waals surface area (Å²) in [4.78, 5) is 8.07. The average molecular weight is 247 g/mol. The minimum atomic E-state index is 0.328. The fourth-order valence-electron chi connectivity index (χ4n) is 1.38. The molecule has 3 aromatic rings. The molecule has 0 saturated heterocycles. The normalized spacial score (nSPS) is 10.9. The van der Waals surface area contributed by atoms with E-state index in [9.17, 15) is 0 Å². The Bertz CT molecular complexity index is 625. The Kier molecular flexibility index (Phi) is 2.53. The van der Waals surface area contributed by atoms with Gasteiger partial charge in [0.25, 0.3) is 0 Å². The van der Waals surface area contributed by atoms with Crippen molar-refractivity contribution in [2.75, 3.05) is 0 Å². The van der Waals surface area contributed by atoms with Crippen LogP contribution in [0.3, 0.4) is 0 Å². The fraction of sp³-hybridized carbons (Fsp3) is 0.250. The third kappa shape index (κ3) is 1.96. The molecule has 10 nitrogen and oxygen atoms in total. The van der Waals surface area contributed by atoms with E-state index in [-0.39, 0.29) is 0 Å². The van der Waals surface area contributed by atoms with E-state index in [0.717, 1.165) is 0 Å². The Hall–Kier alpha value is -2.62. The van der Waals surface area contributed by atoms with Gasteiger partial charge in [0.05, 0.1) is 11.9 Å². The number of nitrogens with two attached hydrogens (primary N) is 1. The monoisotopic (exact) mass is 247 g/mol. The maximum atomic E-state index is 5.44. The van der Waals surface area contributed by atoms with Gasteiger partial charge >= 0.3 is 0 Å². The Balaban J connectivity index is 1.77. The smallest absolute Gasteiger partial charge is 0.248 e. The topological polar surface area (TPSA) is 137 Å². The summed E-state index contributed by atoms with van der Waals surface area (Å²) in [6, 6.07) is 0. The van der Waals surface area contributed by atoms with Gasteiger partial charge in [-0.3, -0.25) is 5.10 Å². The minimum Gasteiger partial charge on any atom is -0.337 e. The van der Waals surface area contributed by atoms with Crippen LogP contribution < -0.4 is 5.73 Å². The first-order valence-corrected chi connectivity index (χ1v) is 5.12. The second kappa shape index (κ2) is 4.33. The third-order valence-corrected chi connectivity index (χ3v) is 2.19. The van der Waals surface area contributed by atoms with Crippen molar-refractivity contribution in [2.45, 2.75) is 13.1 Å². The van der Waals surface area contributed by atoms with Gasteiger partial charge in [0.1, 0.15) is 12.9 Å². The maximum absolute atomic E-state index is 5.44. The number of hydrogen-bond acceptors (Lipinski definition) is 8. The van der Waals surface area contributed by atoms with Crippen molar-refractivity contribution in [3.8, 4) is 11.6 Å². The molecule has 18 heavy (non-hydrogen) atoms. The molecule has 0 radical (unpaired) electrons. The number of nitrogens with zero attached hydrogens (tertiary/aromatic N) is 7. The molecule has 3 aromatic heterocycles. The molecule has 10 heteroatoms. The number of hydrogen-bond donors (Lipinski definition) is 2. The van der Waals surface area contributed by atoms with Crippen LogP contribution in [0.4, 0.5) is 0 Å². The van der Waals surface area contributed by atoms with Crippen molar-refractivity contribution >= 4 is 0 Å². The van der Waals surface area contributed by atoms with Crippen LogP contribution in [0.5, 0.6) is 0 Å². The second-order valence-electron chi connectivity index (χ2n) is 3.46. The summed E-state index contributed by atoms with van der Waals surface area (Å²) in [5, 5.41) is 17.9. The van der Waals surface area contributed by atoms with E-state index in [2.05, 4.69) is 35.6 Å². The number of aromatic amines is 1. The van der Waals surface area contributed by atoms with E-state index < -0.39 is 0 Å². The van der Waals surface area contributed by atoms with E-state index in [1.807, 2.05) is 0 Å². The molecule has 0 bridgehead atoms. The molecular formula is C8H9N9O. The van der Waals surface area contributed by atoms with Crippen molar-refractivity contribution in [3.05, 3.63) is 24.1 Å². The van der Waals surface area contributed by atoms with E-state index in [0.29, 0.717) is 36.3 Å². The van der Waals surface area contributed by atoms with Crippen LogP contribution in [0.15, 0.2) is 17.0 Å². The van der Waals surface area contributed by atoms with E-state index >= 15 is 0 Å². The molecule has 0 saturated carbocycles. The third-order valence-electron chi connectivity index (χ3n) is 2.19. The van der Waals surface area contributed by atoms with Crippen molar-refractivity contribution in [1.29, 1.82) is 0 Å². The largest absolute Gasteiger partial charge is 0.337 e. The SMILES string of the molecule is NCc1cn(Cc2nc(-c3ncn[nH]3)no2)nn1. The molecule has 0 fully saturated rings. The summed E-state index contributed by atoms with van der Waals surface area (Å²) >= 11 is 0. The van der Waals surface area contributed by atoms with Gasteiger partial charge < -0.3 is 10.3 Å². The molecule has 0 amide bonds. The first kappa shape index (κ1) is 10.5. The Morgan fingerprint density at radius 1 is 1.44 bits per heavy atom. The average Bonchev–Trinajstić information content (AvgIpc) is 3.10. The molecule has 0 spiro atoms. The summed E-state index contributed by atoms with van der Waals surface area (Å²) in [5.41, 5.74) is 6.14. The Labute approximate surface area is 100 Å². The summed E-state index contributed by atoms with van der Waals surface area (Å²) in [6.45, 7) is 0.668. The maximum Gasteiger partial charge on any atom is 0.248 e. The lowest BCUT2D eigenvalue weighted by Crippen LogP contribution is -2.01. The highest BCUT2D eigenvalue weighted by molar-refractivity contribution is 5.39. The van der Waals surface area contributed by atoms with Gasteiger partial charge in [-0.15, -0.1) is 5.10 Å². The first-order valence-electron chi connectivity index (χ1n) is 5.12. The van der Waals surface area contributed by atoms with Crippen molar-refractivity contribution < 1.29 is 4.52 Å². The number of rotatable bonds is 4. The van der Waals surface area contributed by atoms with Crippen LogP contribution in [0.25, 0.3) is 11.6 Å². The highest BCUT2D eigenvalue weighted by Crippen LogP contribution is 2.09. The van der Waals surface area contributed by atoms with Gasteiger partial charge in [0.2, 0.25) is 11.7 Å². The molecule has 0 aromatic carbocycles. The van der Waals surface area contributed by atoms with Gasteiger partial charge in [0, 0.05) is 6.54 Å². The van der Waals surface area contributed by atoms with Crippen molar-refractivity contribution in [3.63, 3.8) is 0 Å². The highest BCUT2D eigenvalue weighted by atomic mass is 16.5. The highest BCUT2D eigenvalue weighted by Gasteiger charge is 2.11. The second-order valence-corrected chi connectivity index (χ2v) is 3.46. The summed E-state index contributed by atoms with van der Waals surface area (Å²) in [5.74, 6) is 1.20. The van der Waals surface area contributed by atoms with E-state index in [4.69, 9.17) is 10.3 Å². The summed E-state index contributed by atoms with van der Waals surface area (Å²) in [7, 11) is 0. The summed E-state index contributed by atoms with van der Waals surface area (Å²) in [6.07, 6.45) is 3.09. The van der Waals surface area contributed by atoms with Crippen molar-refractivity contribution in [2.24, 2.45) is 5.73 Å². The molecule has 92 valence electrons. The molecule has 3 rings (SSSR count).